The van der Waals surface area contributed by atoms with Crippen LogP contribution in [0.3, 0.4) is 0 Å². The summed E-state index contributed by atoms with van der Waals surface area (Å²) in [5.74, 6) is -0.945. The zero-order chi connectivity index (χ0) is 14.2. The van der Waals surface area contributed by atoms with Crippen LogP contribution in [0.15, 0.2) is 33.8 Å². The molecule has 0 N–H and O–H groups in total. The maximum absolute atomic E-state index is 12.4. The zero-order valence-corrected chi connectivity index (χ0v) is 10.0. The van der Waals surface area contributed by atoms with Crippen molar-refractivity contribution in [1.82, 2.24) is 10.1 Å². The molecule has 0 bridgehead atoms. The molecule has 0 saturated carbocycles. The molecule has 2 heterocycles. The van der Waals surface area contributed by atoms with Gasteiger partial charge in [-0.25, -0.2) is 4.99 Å². The fraction of sp³-hybridized carbons (Fsp3) is 0.250. The molecule has 20 heavy (non-hydrogen) atoms. The smallest absolute Gasteiger partial charge is 0.471 e. The zero-order valence-electron chi connectivity index (χ0n) is 10.0. The van der Waals surface area contributed by atoms with Crippen LogP contribution in [-0.4, -0.2) is 29.2 Å². The molecule has 0 fully saturated rings. The molecule has 5 nitrogen and oxygen atoms in total. The normalized spacial score (nSPS) is 15.1. The van der Waals surface area contributed by atoms with Crippen molar-refractivity contribution in [3.05, 3.63) is 35.7 Å². The molecule has 2 aromatic rings. The van der Waals surface area contributed by atoms with Gasteiger partial charge < -0.3 is 9.26 Å². The number of halogens is 3. The molecule has 8 heteroatoms. The van der Waals surface area contributed by atoms with E-state index in [0.29, 0.717) is 24.6 Å². The van der Waals surface area contributed by atoms with Gasteiger partial charge in [0, 0.05) is 11.1 Å². The highest BCUT2D eigenvalue weighted by atomic mass is 19.4. The summed E-state index contributed by atoms with van der Waals surface area (Å²) in [5.41, 5.74) is 1.18. The van der Waals surface area contributed by atoms with Crippen molar-refractivity contribution in [2.45, 2.75) is 6.18 Å². The summed E-state index contributed by atoms with van der Waals surface area (Å²) in [5, 5.41) is 3.31. The molecule has 0 amide bonds. The van der Waals surface area contributed by atoms with Gasteiger partial charge in [0.05, 0.1) is 6.54 Å². The molecule has 1 aromatic carbocycles. The van der Waals surface area contributed by atoms with E-state index in [1.165, 1.54) is 0 Å². The number of hydrogen-bond acceptors (Lipinski definition) is 5. The predicted octanol–water partition coefficient (Wildman–Crippen LogP) is 2.53. The van der Waals surface area contributed by atoms with E-state index in [4.69, 9.17) is 4.74 Å². The Hall–Kier alpha value is -2.38. The van der Waals surface area contributed by atoms with Crippen LogP contribution in [0.25, 0.3) is 11.4 Å². The van der Waals surface area contributed by atoms with Crippen molar-refractivity contribution in [3.63, 3.8) is 0 Å². The molecule has 0 saturated heterocycles. The Morgan fingerprint density at radius 2 is 1.75 bits per heavy atom. The van der Waals surface area contributed by atoms with E-state index in [-0.39, 0.29) is 5.82 Å². The first-order chi connectivity index (χ1) is 9.54. The van der Waals surface area contributed by atoms with Gasteiger partial charge >= 0.3 is 12.1 Å². The topological polar surface area (TPSA) is 60.5 Å². The summed E-state index contributed by atoms with van der Waals surface area (Å²) in [6.45, 7) is 1.15. The van der Waals surface area contributed by atoms with E-state index in [9.17, 15) is 13.2 Å². The Balaban J connectivity index is 1.86. The van der Waals surface area contributed by atoms with Crippen LogP contribution in [0.1, 0.15) is 11.5 Å². The predicted molar refractivity (Wildman–Crippen MR) is 62.1 cm³/mol. The van der Waals surface area contributed by atoms with Crippen LogP contribution in [0.4, 0.5) is 13.2 Å². The van der Waals surface area contributed by atoms with Crippen LogP contribution < -0.4 is 0 Å². The number of ether oxygens (including phenoxy) is 1. The quantitative estimate of drug-likeness (QED) is 0.849. The molecule has 1 aromatic heterocycles. The standard InChI is InChI=1S/C12H8F3N3O2/c13-12(14,15)11-17-9(18-20-11)7-1-3-8(4-2-7)10-16-5-6-19-10/h1-4H,5-6H2. The first-order valence-electron chi connectivity index (χ1n) is 5.73. The van der Waals surface area contributed by atoms with Crippen molar-refractivity contribution in [2.24, 2.45) is 4.99 Å². The summed E-state index contributed by atoms with van der Waals surface area (Å²) in [4.78, 5) is 7.46. The SMILES string of the molecule is FC(F)(F)c1nc(-c2ccc(C3=NCCO3)cc2)no1. The Bertz CT molecular complexity index is 647. The van der Waals surface area contributed by atoms with Crippen molar-refractivity contribution >= 4 is 5.90 Å². The van der Waals surface area contributed by atoms with Gasteiger partial charge in [-0.2, -0.15) is 18.2 Å². The Labute approximate surface area is 111 Å². The molecule has 0 unspecified atom stereocenters. The maximum Gasteiger partial charge on any atom is 0.471 e. The van der Waals surface area contributed by atoms with Gasteiger partial charge in [0.1, 0.15) is 6.61 Å². The van der Waals surface area contributed by atoms with E-state index in [0.717, 1.165) is 5.56 Å². The van der Waals surface area contributed by atoms with Gasteiger partial charge in [0.15, 0.2) is 0 Å². The minimum Gasteiger partial charge on any atom is -0.476 e. The molecule has 104 valence electrons. The Morgan fingerprint density at radius 3 is 2.30 bits per heavy atom. The average molecular weight is 283 g/mol. The van der Waals surface area contributed by atoms with Crippen molar-refractivity contribution in [2.75, 3.05) is 13.2 Å². The highest BCUT2D eigenvalue weighted by molar-refractivity contribution is 5.95. The number of aliphatic imine (C=N–C) groups is 1. The van der Waals surface area contributed by atoms with Crippen molar-refractivity contribution in [1.29, 1.82) is 0 Å². The van der Waals surface area contributed by atoms with Gasteiger partial charge in [-0.1, -0.05) is 17.3 Å². The van der Waals surface area contributed by atoms with Gasteiger partial charge in [-0.3, -0.25) is 0 Å². The van der Waals surface area contributed by atoms with E-state index in [1.807, 2.05) is 0 Å². The minimum absolute atomic E-state index is 0.113. The van der Waals surface area contributed by atoms with E-state index in [1.54, 1.807) is 24.3 Å². The van der Waals surface area contributed by atoms with Crippen LogP contribution >= 0.6 is 0 Å². The highest BCUT2D eigenvalue weighted by Crippen LogP contribution is 2.29. The molecule has 0 aliphatic carbocycles. The lowest BCUT2D eigenvalue weighted by Crippen LogP contribution is -2.04. The largest absolute Gasteiger partial charge is 0.476 e. The van der Waals surface area contributed by atoms with E-state index < -0.39 is 12.1 Å². The summed E-state index contributed by atoms with van der Waals surface area (Å²) >= 11 is 0. The molecule has 0 radical (unpaired) electrons. The third kappa shape index (κ3) is 2.36. The second kappa shape index (κ2) is 4.62. The van der Waals surface area contributed by atoms with Gasteiger partial charge in [-0.15, -0.1) is 0 Å². The van der Waals surface area contributed by atoms with Crippen molar-refractivity contribution < 1.29 is 22.4 Å². The maximum atomic E-state index is 12.4. The second-order valence-electron chi connectivity index (χ2n) is 4.03. The summed E-state index contributed by atoms with van der Waals surface area (Å²) in [6.07, 6.45) is -4.64. The van der Waals surface area contributed by atoms with Crippen molar-refractivity contribution in [3.8, 4) is 11.4 Å². The molecule has 1 aliphatic rings. The highest BCUT2D eigenvalue weighted by Gasteiger charge is 2.38. The third-order valence-electron chi connectivity index (χ3n) is 2.64. The monoisotopic (exact) mass is 283 g/mol. The third-order valence-corrected chi connectivity index (χ3v) is 2.64. The number of rotatable bonds is 2. The summed E-state index contributed by atoms with van der Waals surface area (Å²) in [6, 6.07) is 6.54. The fourth-order valence-corrected chi connectivity index (χ4v) is 1.73. The van der Waals surface area contributed by atoms with Gasteiger partial charge in [0.25, 0.3) is 0 Å². The first kappa shape index (κ1) is 12.6. The number of nitrogens with zero attached hydrogens (tertiary/aromatic N) is 3. The molecular formula is C12H8F3N3O2. The molecule has 0 spiro atoms. The molecular weight excluding hydrogens is 275 g/mol. The Morgan fingerprint density at radius 1 is 1.05 bits per heavy atom. The second-order valence-corrected chi connectivity index (χ2v) is 4.03. The van der Waals surface area contributed by atoms with E-state index >= 15 is 0 Å². The van der Waals surface area contributed by atoms with Gasteiger partial charge in [0.2, 0.25) is 11.7 Å². The Kier molecular flexibility index (Phi) is 2.92. The van der Waals surface area contributed by atoms with Crippen LogP contribution in [-0.2, 0) is 10.9 Å². The number of hydrogen-bond donors (Lipinski definition) is 0. The van der Waals surface area contributed by atoms with Crippen LogP contribution in [0.2, 0.25) is 0 Å². The lowest BCUT2D eigenvalue weighted by molar-refractivity contribution is -0.159. The minimum atomic E-state index is -4.64. The lowest BCUT2D eigenvalue weighted by Gasteiger charge is -2.01. The first-order valence-corrected chi connectivity index (χ1v) is 5.73. The lowest BCUT2D eigenvalue weighted by atomic mass is 10.1. The van der Waals surface area contributed by atoms with Crippen LogP contribution in [0.5, 0.6) is 0 Å². The average Bonchev–Trinajstić information content (AvgIpc) is 3.10. The van der Waals surface area contributed by atoms with Crippen LogP contribution in [0, 0.1) is 0 Å². The molecule has 1 aliphatic heterocycles. The molecule has 3 rings (SSSR count). The van der Waals surface area contributed by atoms with Gasteiger partial charge in [-0.05, 0) is 12.1 Å². The molecule has 0 atom stereocenters. The summed E-state index contributed by atoms with van der Waals surface area (Å²) in [7, 11) is 0. The number of aromatic nitrogens is 2. The number of benzene rings is 1. The number of alkyl halides is 3. The fourth-order valence-electron chi connectivity index (χ4n) is 1.73. The summed E-state index contributed by atoms with van der Waals surface area (Å²) < 4.78 is 46.5. The van der Waals surface area contributed by atoms with E-state index in [2.05, 4.69) is 19.7 Å².